The maximum Gasteiger partial charge on any atom is 0.408 e. The van der Waals surface area contributed by atoms with Gasteiger partial charge in [0.05, 0.1) is 12.2 Å². The fraction of sp³-hybridized carbons (Fsp3) is 0.467. The van der Waals surface area contributed by atoms with Crippen LogP contribution in [0.1, 0.15) is 24.8 Å². The number of rotatable bonds is 4. The monoisotopic (exact) mass is 291 g/mol. The van der Waals surface area contributed by atoms with Gasteiger partial charge in [-0.05, 0) is 18.4 Å². The van der Waals surface area contributed by atoms with Crippen molar-refractivity contribution in [3.8, 4) is 0 Å². The molecule has 2 fully saturated rings. The third-order valence-corrected chi connectivity index (χ3v) is 4.13. The molecular formula is C15H17NO5. The fourth-order valence-electron chi connectivity index (χ4n) is 3.06. The molecule has 2 N–H and O–H groups in total. The Morgan fingerprint density at radius 2 is 2.10 bits per heavy atom. The average Bonchev–Trinajstić information content (AvgIpc) is 3.07. The summed E-state index contributed by atoms with van der Waals surface area (Å²) in [6.07, 6.45) is 0.520. The van der Waals surface area contributed by atoms with Crippen molar-refractivity contribution in [2.24, 2.45) is 0 Å². The molecule has 2 bridgehead atoms. The first-order valence-corrected chi connectivity index (χ1v) is 6.98. The molecule has 2 saturated heterocycles. The molecule has 21 heavy (non-hydrogen) atoms. The number of hydrogen-bond acceptors (Lipinski definition) is 4. The topological polar surface area (TPSA) is 84.9 Å². The minimum absolute atomic E-state index is 0.0828. The average molecular weight is 291 g/mol. The lowest BCUT2D eigenvalue weighted by Crippen LogP contribution is -2.60. The molecule has 0 radical (unpaired) electrons. The first kappa shape index (κ1) is 13.9. The second-order valence-corrected chi connectivity index (χ2v) is 5.49. The van der Waals surface area contributed by atoms with E-state index in [0.717, 1.165) is 12.0 Å². The van der Waals surface area contributed by atoms with E-state index in [-0.39, 0.29) is 12.7 Å². The zero-order chi connectivity index (χ0) is 14.9. The van der Waals surface area contributed by atoms with Gasteiger partial charge in [0.15, 0.2) is 5.54 Å². The Hall–Kier alpha value is -2.08. The van der Waals surface area contributed by atoms with E-state index in [9.17, 15) is 14.7 Å². The van der Waals surface area contributed by atoms with E-state index >= 15 is 0 Å². The van der Waals surface area contributed by atoms with Crippen molar-refractivity contribution in [2.75, 3.05) is 0 Å². The van der Waals surface area contributed by atoms with Gasteiger partial charge in [-0.25, -0.2) is 9.59 Å². The lowest BCUT2D eigenvalue weighted by Gasteiger charge is -2.31. The molecule has 112 valence electrons. The zero-order valence-corrected chi connectivity index (χ0v) is 11.5. The largest absolute Gasteiger partial charge is 0.479 e. The highest BCUT2D eigenvalue weighted by molar-refractivity contribution is 5.85. The van der Waals surface area contributed by atoms with Crippen molar-refractivity contribution in [3.05, 3.63) is 35.9 Å². The predicted molar refractivity (Wildman–Crippen MR) is 72.6 cm³/mol. The second-order valence-electron chi connectivity index (χ2n) is 5.49. The first-order chi connectivity index (χ1) is 10.1. The van der Waals surface area contributed by atoms with E-state index < -0.39 is 23.7 Å². The Bertz CT molecular complexity index is 546. The van der Waals surface area contributed by atoms with Gasteiger partial charge in [0.2, 0.25) is 0 Å². The zero-order valence-electron chi connectivity index (χ0n) is 11.5. The third kappa shape index (κ3) is 2.58. The van der Waals surface area contributed by atoms with Crippen LogP contribution in [0.5, 0.6) is 0 Å². The summed E-state index contributed by atoms with van der Waals surface area (Å²) in [7, 11) is 0. The number of carbonyl (C=O) groups excluding carboxylic acids is 1. The number of carboxylic acids is 1. The highest BCUT2D eigenvalue weighted by atomic mass is 16.6. The molecule has 6 nitrogen and oxygen atoms in total. The van der Waals surface area contributed by atoms with E-state index in [1.807, 2.05) is 30.3 Å². The smallest absolute Gasteiger partial charge is 0.408 e. The van der Waals surface area contributed by atoms with Gasteiger partial charge < -0.3 is 19.9 Å². The number of aliphatic carboxylic acids is 1. The van der Waals surface area contributed by atoms with Gasteiger partial charge in [-0.15, -0.1) is 0 Å². The SMILES string of the molecule is O=C(NC1(C(=O)O)CC2CCC1O2)OCc1ccccc1. The molecule has 3 atom stereocenters. The Balaban J connectivity index is 1.62. The summed E-state index contributed by atoms with van der Waals surface area (Å²) in [6.45, 7) is 0.108. The summed E-state index contributed by atoms with van der Waals surface area (Å²) >= 11 is 0. The number of alkyl carbamates (subject to hydrolysis) is 1. The maximum absolute atomic E-state index is 11.9. The quantitative estimate of drug-likeness (QED) is 0.881. The lowest BCUT2D eigenvalue weighted by molar-refractivity contribution is -0.147. The van der Waals surface area contributed by atoms with E-state index in [2.05, 4.69) is 5.32 Å². The number of benzene rings is 1. The van der Waals surface area contributed by atoms with E-state index in [1.165, 1.54) is 0 Å². The van der Waals surface area contributed by atoms with Gasteiger partial charge >= 0.3 is 12.1 Å². The van der Waals surface area contributed by atoms with Gasteiger partial charge in [-0.3, -0.25) is 0 Å². The van der Waals surface area contributed by atoms with E-state index in [0.29, 0.717) is 12.8 Å². The molecule has 2 aliphatic heterocycles. The van der Waals surface area contributed by atoms with Crippen LogP contribution in [0.15, 0.2) is 30.3 Å². The van der Waals surface area contributed by atoms with Crippen molar-refractivity contribution in [1.29, 1.82) is 0 Å². The molecule has 0 aliphatic carbocycles. The van der Waals surface area contributed by atoms with Crippen molar-refractivity contribution in [3.63, 3.8) is 0 Å². The summed E-state index contributed by atoms with van der Waals surface area (Å²) in [5.74, 6) is -1.06. The first-order valence-electron chi connectivity index (χ1n) is 6.98. The summed E-state index contributed by atoms with van der Waals surface area (Å²) in [5.41, 5.74) is -0.502. The van der Waals surface area contributed by atoms with Crippen LogP contribution in [0.3, 0.4) is 0 Å². The molecule has 0 aromatic heterocycles. The number of carboxylic acid groups (broad SMARTS) is 1. The molecular weight excluding hydrogens is 274 g/mol. The van der Waals surface area contributed by atoms with Crippen LogP contribution in [0.4, 0.5) is 4.79 Å². The van der Waals surface area contributed by atoms with E-state index in [4.69, 9.17) is 9.47 Å². The van der Waals surface area contributed by atoms with Gasteiger partial charge in [-0.2, -0.15) is 0 Å². The lowest BCUT2D eigenvalue weighted by atomic mass is 9.82. The summed E-state index contributed by atoms with van der Waals surface area (Å²) in [5, 5.41) is 12.0. The van der Waals surface area contributed by atoms with Gasteiger partial charge in [-0.1, -0.05) is 30.3 Å². The number of nitrogens with one attached hydrogen (secondary N) is 1. The molecule has 3 unspecified atom stereocenters. The number of ether oxygens (including phenoxy) is 2. The van der Waals surface area contributed by atoms with Crippen LogP contribution < -0.4 is 5.32 Å². The molecule has 2 heterocycles. The second kappa shape index (κ2) is 5.37. The van der Waals surface area contributed by atoms with Gasteiger partial charge in [0.1, 0.15) is 6.61 Å². The normalized spacial score (nSPS) is 30.1. The highest BCUT2D eigenvalue weighted by Gasteiger charge is 2.58. The van der Waals surface area contributed by atoms with Gasteiger partial charge in [0.25, 0.3) is 0 Å². The molecule has 1 aromatic rings. The van der Waals surface area contributed by atoms with Crippen molar-refractivity contribution < 1.29 is 24.2 Å². The van der Waals surface area contributed by atoms with Crippen LogP contribution in [-0.2, 0) is 20.9 Å². The van der Waals surface area contributed by atoms with Crippen molar-refractivity contribution >= 4 is 12.1 Å². The Labute approximate surface area is 122 Å². The molecule has 1 aromatic carbocycles. The minimum atomic E-state index is -1.35. The summed E-state index contributed by atoms with van der Waals surface area (Å²) in [6, 6.07) is 9.23. The van der Waals surface area contributed by atoms with Crippen LogP contribution in [-0.4, -0.2) is 34.9 Å². The molecule has 0 spiro atoms. The van der Waals surface area contributed by atoms with Crippen molar-refractivity contribution in [1.82, 2.24) is 5.32 Å². The van der Waals surface area contributed by atoms with Crippen LogP contribution in [0.2, 0.25) is 0 Å². The number of carbonyl (C=O) groups is 2. The van der Waals surface area contributed by atoms with Crippen LogP contribution in [0, 0.1) is 0 Å². The maximum atomic E-state index is 11.9. The predicted octanol–water partition coefficient (Wildman–Crippen LogP) is 1.69. The van der Waals surface area contributed by atoms with Crippen molar-refractivity contribution in [2.45, 2.75) is 43.6 Å². The fourth-order valence-corrected chi connectivity index (χ4v) is 3.06. The molecule has 2 aliphatic rings. The minimum Gasteiger partial charge on any atom is -0.479 e. The molecule has 0 saturated carbocycles. The Kier molecular flexibility index (Phi) is 3.55. The summed E-state index contributed by atoms with van der Waals surface area (Å²) in [4.78, 5) is 23.5. The summed E-state index contributed by atoms with van der Waals surface area (Å²) < 4.78 is 10.7. The molecule has 1 amide bonds. The van der Waals surface area contributed by atoms with Crippen LogP contribution in [0.25, 0.3) is 0 Å². The van der Waals surface area contributed by atoms with Crippen LogP contribution >= 0.6 is 0 Å². The number of hydrogen-bond donors (Lipinski definition) is 2. The van der Waals surface area contributed by atoms with E-state index in [1.54, 1.807) is 0 Å². The highest BCUT2D eigenvalue weighted by Crippen LogP contribution is 2.42. The Morgan fingerprint density at radius 3 is 2.67 bits per heavy atom. The molecule has 6 heteroatoms. The third-order valence-electron chi connectivity index (χ3n) is 4.13. The Morgan fingerprint density at radius 1 is 1.33 bits per heavy atom. The number of amides is 1. The number of fused-ring (bicyclic) bond motifs is 2. The standard InChI is InChI=1S/C15H17NO5/c17-13(18)15(8-11-6-7-12(15)21-11)16-14(19)20-9-10-4-2-1-3-5-10/h1-5,11-12H,6-9H2,(H,16,19)(H,17,18). The van der Waals surface area contributed by atoms with Gasteiger partial charge in [0, 0.05) is 6.42 Å². The molecule has 3 rings (SSSR count).